The van der Waals surface area contributed by atoms with Gasteiger partial charge < -0.3 is 5.32 Å². The molecule has 1 heterocycles. The molecule has 1 aliphatic carbocycles. The summed E-state index contributed by atoms with van der Waals surface area (Å²) in [6.07, 6.45) is 5.23. The summed E-state index contributed by atoms with van der Waals surface area (Å²) in [7, 11) is 0. The molecule has 7 heteroatoms. The summed E-state index contributed by atoms with van der Waals surface area (Å²) < 4.78 is 0. The Morgan fingerprint density at radius 2 is 1.78 bits per heavy atom. The van der Waals surface area contributed by atoms with Crippen molar-refractivity contribution in [3.8, 4) is 0 Å². The Morgan fingerprint density at radius 3 is 2.43 bits per heavy atom. The molecule has 1 saturated carbocycles. The van der Waals surface area contributed by atoms with Gasteiger partial charge in [0.15, 0.2) is 0 Å². The first kappa shape index (κ1) is 15.5. The topological polar surface area (TPSA) is 92.6 Å². The van der Waals surface area contributed by atoms with Gasteiger partial charge in [-0.25, -0.2) is 4.79 Å². The molecule has 3 rings (SSSR count). The zero-order valence-electron chi connectivity index (χ0n) is 12.8. The molecule has 2 fully saturated rings. The molecule has 0 radical (unpaired) electrons. The molecule has 1 N–H and O–H groups in total. The summed E-state index contributed by atoms with van der Waals surface area (Å²) in [5.41, 5.74) is -0.515. The summed E-state index contributed by atoms with van der Waals surface area (Å²) in [6.45, 7) is -0.0659. The third-order valence-electron chi connectivity index (χ3n) is 4.72. The standard InChI is InChI=1S/C16H19N3O4/c20-14-16(9-5-1-2-6-10-16)17-15(21)18(14)11-12-7-3-4-8-13(12)19(22)23/h3-4,7-8H,1-2,5-6,9-11H2,(H,17,21). The summed E-state index contributed by atoms with van der Waals surface area (Å²) >= 11 is 0. The Morgan fingerprint density at radius 1 is 1.13 bits per heavy atom. The highest BCUT2D eigenvalue weighted by Gasteiger charge is 2.50. The summed E-state index contributed by atoms with van der Waals surface area (Å²) in [5.74, 6) is -0.248. The van der Waals surface area contributed by atoms with Gasteiger partial charge in [-0.3, -0.25) is 19.8 Å². The highest BCUT2D eigenvalue weighted by Crippen LogP contribution is 2.34. The Labute approximate surface area is 133 Å². The Balaban J connectivity index is 1.85. The van der Waals surface area contributed by atoms with Gasteiger partial charge in [-0.1, -0.05) is 43.9 Å². The highest BCUT2D eigenvalue weighted by atomic mass is 16.6. The van der Waals surface area contributed by atoms with E-state index >= 15 is 0 Å². The van der Waals surface area contributed by atoms with Crippen molar-refractivity contribution in [3.05, 3.63) is 39.9 Å². The van der Waals surface area contributed by atoms with E-state index in [2.05, 4.69) is 5.32 Å². The minimum Gasteiger partial charge on any atom is -0.323 e. The van der Waals surface area contributed by atoms with Gasteiger partial charge in [0.25, 0.3) is 11.6 Å². The number of nitrogens with one attached hydrogen (secondary N) is 1. The fraction of sp³-hybridized carbons (Fsp3) is 0.500. The molecule has 3 amide bonds. The number of hydrogen-bond acceptors (Lipinski definition) is 4. The molecule has 0 atom stereocenters. The lowest BCUT2D eigenvalue weighted by Gasteiger charge is -2.24. The molecule has 2 aliphatic rings. The average Bonchev–Trinajstić information content (AvgIpc) is 2.71. The van der Waals surface area contributed by atoms with Crippen molar-refractivity contribution in [2.75, 3.05) is 0 Å². The molecular formula is C16H19N3O4. The van der Waals surface area contributed by atoms with Gasteiger partial charge in [-0.05, 0) is 12.8 Å². The number of para-hydroxylation sites is 1. The van der Waals surface area contributed by atoms with Crippen LogP contribution >= 0.6 is 0 Å². The van der Waals surface area contributed by atoms with E-state index in [0.29, 0.717) is 18.4 Å². The molecule has 1 saturated heterocycles. The molecule has 23 heavy (non-hydrogen) atoms. The maximum Gasteiger partial charge on any atom is 0.325 e. The van der Waals surface area contributed by atoms with E-state index in [1.807, 2.05) is 0 Å². The van der Waals surface area contributed by atoms with Crippen LogP contribution in [0.2, 0.25) is 0 Å². The van der Waals surface area contributed by atoms with Crippen molar-refractivity contribution < 1.29 is 14.5 Å². The van der Waals surface area contributed by atoms with E-state index < -0.39 is 16.5 Å². The zero-order chi connectivity index (χ0) is 16.4. The van der Waals surface area contributed by atoms with Crippen LogP contribution in [0.1, 0.15) is 44.1 Å². The fourth-order valence-electron chi connectivity index (χ4n) is 3.48. The first-order valence-corrected chi connectivity index (χ1v) is 7.90. The van der Waals surface area contributed by atoms with E-state index in [1.165, 1.54) is 6.07 Å². The molecule has 1 spiro atoms. The smallest absolute Gasteiger partial charge is 0.323 e. The number of urea groups is 1. The van der Waals surface area contributed by atoms with Crippen LogP contribution in [0.25, 0.3) is 0 Å². The Bertz CT molecular complexity index is 650. The van der Waals surface area contributed by atoms with Gasteiger partial charge >= 0.3 is 6.03 Å². The van der Waals surface area contributed by atoms with Gasteiger partial charge in [0.2, 0.25) is 0 Å². The number of carbonyl (C=O) groups is 2. The lowest BCUT2D eigenvalue weighted by molar-refractivity contribution is -0.385. The van der Waals surface area contributed by atoms with Crippen LogP contribution in [-0.2, 0) is 11.3 Å². The van der Waals surface area contributed by atoms with Crippen LogP contribution in [0.15, 0.2) is 24.3 Å². The lowest BCUT2D eigenvalue weighted by atomic mass is 9.90. The molecule has 0 bridgehead atoms. The van der Waals surface area contributed by atoms with Gasteiger partial charge in [-0.2, -0.15) is 0 Å². The van der Waals surface area contributed by atoms with Gasteiger partial charge in [-0.15, -0.1) is 0 Å². The monoisotopic (exact) mass is 317 g/mol. The normalized spacial score (nSPS) is 20.4. The molecule has 7 nitrogen and oxygen atoms in total. The van der Waals surface area contributed by atoms with Crippen molar-refractivity contribution in [2.24, 2.45) is 0 Å². The number of carbonyl (C=O) groups excluding carboxylic acids is 2. The Hall–Kier alpha value is -2.44. The number of nitro groups is 1. The third kappa shape index (κ3) is 2.78. The number of rotatable bonds is 3. The van der Waals surface area contributed by atoms with Crippen molar-refractivity contribution in [2.45, 2.75) is 50.6 Å². The molecule has 1 aliphatic heterocycles. The van der Waals surface area contributed by atoms with Crippen LogP contribution < -0.4 is 5.32 Å². The minimum atomic E-state index is -0.808. The fourth-order valence-corrected chi connectivity index (χ4v) is 3.48. The average molecular weight is 317 g/mol. The van der Waals surface area contributed by atoms with Crippen molar-refractivity contribution in [1.29, 1.82) is 0 Å². The second kappa shape index (κ2) is 5.98. The van der Waals surface area contributed by atoms with Gasteiger partial charge in [0.05, 0.1) is 11.5 Å². The minimum absolute atomic E-state index is 0.0659. The van der Waals surface area contributed by atoms with Gasteiger partial charge in [0, 0.05) is 11.6 Å². The second-order valence-electron chi connectivity index (χ2n) is 6.20. The lowest BCUT2D eigenvalue weighted by Crippen LogP contribution is -2.46. The molecule has 0 aromatic heterocycles. The second-order valence-corrected chi connectivity index (χ2v) is 6.20. The quantitative estimate of drug-likeness (QED) is 0.527. The summed E-state index contributed by atoms with van der Waals surface area (Å²) in [6, 6.07) is 5.75. The van der Waals surface area contributed by atoms with Crippen LogP contribution in [0.5, 0.6) is 0 Å². The largest absolute Gasteiger partial charge is 0.325 e. The van der Waals surface area contributed by atoms with Crippen molar-refractivity contribution in [3.63, 3.8) is 0 Å². The predicted octanol–water partition coefficient (Wildman–Crippen LogP) is 2.74. The van der Waals surface area contributed by atoms with Crippen molar-refractivity contribution >= 4 is 17.6 Å². The van der Waals surface area contributed by atoms with E-state index in [4.69, 9.17) is 0 Å². The zero-order valence-corrected chi connectivity index (χ0v) is 12.8. The highest BCUT2D eigenvalue weighted by molar-refractivity contribution is 6.07. The van der Waals surface area contributed by atoms with Crippen molar-refractivity contribution in [1.82, 2.24) is 10.2 Å². The first-order valence-electron chi connectivity index (χ1n) is 7.90. The third-order valence-corrected chi connectivity index (χ3v) is 4.72. The van der Waals surface area contributed by atoms with E-state index in [1.54, 1.807) is 18.2 Å². The van der Waals surface area contributed by atoms with Crippen LogP contribution in [0.4, 0.5) is 10.5 Å². The number of nitro benzene ring substituents is 1. The van der Waals surface area contributed by atoms with Crippen LogP contribution in [0, 0.1) is 10.1 Å². The predicted molar refractivity (Wildman–Crippen MR) is 82.6 cm³/mol. The maximum atomic E-state index is 12.8. The number of nitrogens with zero attached hydrogens (tertiary/aromatic N) is 2. The SMILES string of the molecule is O=C1NC2(CCCCCC2)C(=O)N1Cc1ccccc1[N+](=O)[O-]. The molecule has 122 valence electrons. The number of hydrogen-bond donors (Lipinski definition) is 1. The summed E-state index contributed by atoms with van der Waals surface area (Å²) in [4.78, 5) is 36.8. The summed E-state index contributed by atoms with van der Waals surface area (Å²) in [5, 5.41) is 13.9. The Kier molecular flexibility index (Phi) is 4.02. The van der Waals surface area contributed by atoms with E-state index in [9.17, 15) is 19.7 Å². The van der Waals surface area contributed by atoms with Gasteiger partial charge in [0.1, 0.15) is 5.54 Å². The van der Waals surface area contributed by atoms with E-state index in [-0.39, 0.29) is 18.1 Å². The molecule has 1 aromatic carbocycles. The van der Waals surface area contributed by atoms with Crippen LogP contribution in [-0.4, -0.2) is 27.3 Å². The number of benzene rings is 1. The first-order chi connectivity index (χ1) is 11.0. The molecule has 1 aromatic rings. The van der Waals surface area contributed by atoms with E-state index in [0.717, 1.165) is 30.6 Å². The maximum absolute atomic E-state index is 12.8. The molecule has 0 unspecified atom stereocenters. The van der Waals surface area contributed by atoms with Crippen LogP contribution in [0.3, 0.4) is 0 Å². The number of imide groups is 1. The molecular weight excluding hydrogens is 298 g/mol. The number of amides is 3.